The van der Waals surface area contributed by atoms with Crippen LogP contribution in [0, 0.1) is 0 Å². The Hall–Kier alpha value is -2.99. The van der Waals surface area contributed by atoms with E-state index in [0.717, 1.165) is 25.2 Å². The smallest absolute Gasteiger partial charge is 0.409 e. The first-order valence-electron chi connectivity index (χ1n) is 12.1. The van der Waals surface area contributed by atoms with Crippen molar-refractivity contribution in [3.63, 3.8) is 0 Å². The second-order valence-corrected chi connectivity index (χ2v) is 10.6. The van der Waals surface area contributed by atoms with Gasteiger partial charge in [-0.3, -0.25) is 9.69 Å². The van der Waals surface area contributed by atoms with Gasteiger partial charge in [0.1, 0.15) is 0 Å². The lowest BCUT2D eigenvalue weighted by molar-refractivity contribution is 0.0730. The number of rotatable bonds is 7. The number of sulfonamides is 1. The fraction of sp³-hybridized carbons (Fsp3) is 0.440. The molecule has 0 aliphatic carbocycles. The summed E-state index contributed by atoms with van der Waals surface area (Å²) in [6, 6.07) is 13.6. The largest absolute Gasteiger partial charge is 0.450 e. The number of morpholine rings is 1. The normalized spacial score (nSPS) is 17.5. The minimum absolute atomic E-state index is 0.190. The Bertz CT molecular complexity index is 1140. The molecule has 2 saturated heterocycles. The van der Waals surface area contributed by atoms with Crippen molar-refractivity contribution >= 4 is 27.7 Å². The average Bonchev–Trinajstić information content (AvgIpc) is 2.90. The second kappa shape index (κ2) is 11.8. The maximum Gasteiger partial charge on any atom is 0.409 e. The molecule has 2 amide bonds. The summed E-state index contributed by atoms with van der Waals surface area (Å²) in [4.78, 5) is 28.7. The Morgan fingerprint density at radius 1 is 0.917 bits per heavy atom. The van der Waals surface area contributed by atoms with Gasteiger partial charge >= 0.3 is 6.09 Å². The van der Waals surface area contributed by atoms with Crippen LogP contribution in [0.2, 0.25) is 0 Å². The first kappa shape index (κ1) is 26.1. The highest BCUT2D eigenvalue weighted by Gasteiger charge is 2.26. The van der Waals surface area contributed by atoms with Gasteiger partial charge in [0, 0.05) is 57.1 Å². The molecular formula is C25H32N4O6S. The number of piperazine rings is 1. The van der Waals surface area contributed by atoms with Crippen molar-refractivity contribution in [3.05, 3.63) is 59.7 Å². The van der Waals surface area contributed by atoms with Crippen LogP contribution in [0.5, 0.6) is 0 Å². The standard InChI is InChI=1S/C25H32N4O6S/c1-2-35-25(31)28-13-11-27(12-14-28)19-20-3-5-21(6-4-20)24(30)26-22-7-9-23(10-8-22)36(32,33)29-15-17-34-18-16-29/h3-10H,2,11-19H2,1H3,(H,26,30). The van der Waals surface area contributed by atoms with E-state index in [0.29, 0.717) is 57.3 Å². The predicted octanol–water partition coefficient (Wildman–Crippen LogP) is 2.23. The molecule has 2 aromatic carbocycles. The number of nitrogens with zero attached hydrogens (tertiary/aromatic N) is 3. The van der Waals surface area contributed by atoms with Crippen LogP contribution in [0.4, 0.5) is 10.5 Å². The molecule has 0 radical (unpaired) electrons. The van der Waals surface area contributed by atoms with Gasteiger partial charge < -0.3 is 19.7 Å². The molecule has 11 heteroatoms. The minimum atomic E-state index is -3.58. The minimum Gasteiger partial charge on any atom is -0.450 e. The summed E-state index contributed by atoms with van der Waals surface area (Å²) < 4.78 is 37.2. The van der Waals surface area contributed by atoms with Gasteiger partial charge in [0.05, 0.1) is 24.7 Å². The summed E-state index contributed by atoms with van der Waals surface area (Å²) in [5.74, 6) is -0.270. The van der Waals surface area contributed by atoms with E-state index in [1.54, 1.807) is 36.1 Å². The van der Waals surface area contributed by atoms with Crippen molar-refractivity contribution in [2.45, 2.75) is 18.4 Å². The fourth-order valence-corrected chi connectivity index (χ4v) is 5.58. The van der Waals surface area contributed by atoms with Crippen LogP contribution in [0.3, 0.4) is 0 Å². The van der Waals surface area contributed by atoms with Crippen molar-refractivity contribution in [3.8, 4) is 0 Å². The monoisotopic (exact) mass is 516 g/mol. The number of amides is 2. The molecule has 2 aromatic rings. The maximum absolute atomic E-state index is 12.7. The van der Waals surface area contributed by atoms with Gasteiger partial charge in [0.25, 0.3) is 5.91 Å². The predicted molar refractivity (Wildman–Crippen MR) is 134 cm³/mol. The zero-order valence-corrected chi connectivity index (χ0v) is 21.2. The van der Waals surface area contributed by atoms with Crippen molar-refractivity contribution in [1.29, 1.82) is 0 Å². The number of hydrogen-bond donors (Lipinski definition) is 1. The van der Waals surface area contributed by atoms with Crippen LogP contribution < -0.4 is 5.32 Å². The van der Waals surface area contributed by atoms with Gasteiger partial charge in [-0.05, 0) is 48.9 Å². The molecule has 4 rings (SSSR count). The molecule has 0 unspecified atom stereocenters. The SMILES string of the molecule is CCOC(=O)N1CCN(Cc2ccc(C(=O)Nc3ccc(S(=O)(=O)N4CCOCC4)cc3)cc2)CC1. The van der Waals surface area contributed by atoms with Gasteiger partial charge in [-0.1, -0.05) is 12.1 Å². The Balaban J connectivity index is 1.29. The van der Waals surface area contributed by atoms with E-state index in [9.17, 15) is 18.0 Å². The second-order valence-electron chi connectivity index (χ2n) is 8.65. The van der Waals surface area contributed by atoms with E-state index in [2.05, 4.69) is 10.2 Å². The van der Waals surface area contributed by atoms with Crippen molar-refractivity contribution in [2.24, 2.45) is 0 Å². The number of hydrogen-bond acceptors (Lipinski definition) is 7. The number of benzene rings is 2. The van der Waals surface area contributed by atoms with Crippen molar-refractivity contribution in [2.75, 3.05) is 64.4 Å². The molecule has 2 fully saturated rings. The van der Waals surface area contributed by atoms with E-state index < -0.39 is 10.0 Å². The molecule has 0 bridgehead atoms. The lowest BCUT2D eigenvalue weighted by Gasteiger charge is -2.34. The quantitative estimate of drug-likeness (QED) is 0.601. The third-order valence-electron chi connectivity index (χ3n) is 6.24. The number of anilines is 1. The van der Waals surface area contributed by atoms with Crippen molar-refractivity contribution in [1.82, 2.24) is 14.1 Å². The summed E-state index contributed by atoms with van der Waals surface area (Å²) in [5.41, 5.74) is 2.11. The molecule has 0 spiro atoms. The first-order valence-corrected chi connectivity index (χ1v) is 13.5. The van der Waals surface area contributed by atoms with E-state index in [1.165, 1.54) is 16.4 Å². The third-order valence-corrected chi connectivity index (χ3v) is 8.15. The molecule has 2 aliphatic heterocycles. The highest BCUT2D eigenvalue weighted by atomic mass is 32.2. The Kier molecular flexibility index (Phi) is 8.57. The first-order chi connectivity index (χ1) is 17.4. The number of ether oxygens (including phenoxy) is 2. The Morgan fingerprint density at radius 3 is 2.17 bits per heavy atom. The molecule has 0 saturated carbocycles. The third kappa shape index (κ3) is 6.41. The van der Waals surface area contributed by atoms with E-state index in [1.807, 2.05) is 12.1 Å². The topological polar surface area (TPSA) is 108 Å². The summed E-state index contributed by atoms with van der Waals surface area (Å²) in [5, 5.41) is 2.82. The molecule has 1 N–H and O–H groups in total. The Morgan fingerprint density at radius 2 is 1.56 bits per heavy atom. The van der Waals surface area contributed by atoms with Crippen LogP contribution in [0.25, 0.3) is 0 Å². The van der Waals surface area contributed by atoms with Crippen LogP contribution in [0.1, 0.15) is 22.8 Å². The fourth-order valence-electron chi connectivity index (χ4n) is 4.17. The van der Waals surface area contributed by atoms with Gasteiger partial charge in [0.15, 0.2) is 0 Å². The molecule has 10 nitrogen and oxygen atoms in total. The molecule has 194 valence electrons. The van der Waals surface area contributed by atoms with Crippen LogP contribution >= 0.6 is 0 Å². The summed E-state index contributed by atoms with van der Waals surface area (Å²) >= 11 is 0. The zero-order chi connectivity index (χ0) is 25.5. The van der Waals surface area contributed by atoms with E-state index >= 15 is 0 Å². The lowest BCUT2D eigenvalue weighted by Crippen LogP contribution is -2.48. The molecule has 2 heterocycles. The summed E-state index contributed by atoms with van der Waals surface area (Å²) in [6.07, 6.45) is -0.263. The van der Waals surface area contributed by atoms with E-state index in [-0.39, 0.29) is 16.9 Å². The van der Waals surface area contributed by atoms with Crippen LogP contribution in [-0.4, -0.2) is 93.6 Å². The summed E-state index contributed by atoms with van der Waals surface area (Å²) in [7, 11) is -3.58. The number of carbonyl (C=O) groups is 2. The van der Waals surface area contributed by atoms with Gasteiger partial charge in [0.2, 0.25) is 10.0 Å². The highest BCUT2D eigenvalue weighted by molar-refractivity contribution is 7.89. The lowest BCUT2D eigenvalue weighted by atomic mass is 10.1. The summed E-state index contributed by atoms with van der Waals surface area (Å²) in [6.45, 7) is 7.14. The van der Waals surface area contributed by atoms with Crippen LogP contribution in [0.15, 0.2) is 53.4 Å². The molecule has 36 heavy (non-hydrogen) atoms. The van der Waals surface area contributed by atoms with Crippen molar-refractivity contribution < 1.29 is 27.5 Å². The molecule has 0 atom stereocenters. The van der Waals surface area contributed by atoms with Gasteiger partial charge in [-0.15, -0.1) is 0 Å². The molecule has 0 aromatic heterocycles. The van der Waals surface area contributed by atoms with Gasteiger partial charge in [-0.25, -0.2) is 13.2 Å². The zero-order valence-electron chi connectivity index (χ0n) is 20.4. The number of carbonyl (C=O) groups excluding carboxylic acids is 2. The molecular weight excluding hydrogens is 484 g/mol. The van der Waals surface area contributed by atoms with E-state index in [4.69, 9.17) is 9.47 Å². The highest BCUT2D eigenvalue weighted by Crippen LogP contribution is 2.20. The maximum atomic E-state index is 12.7. The van der Waals surface area contributed by atoms with Crippen LogP contribution in [-0.2, 0) is 26.0 Å². The molecule has 2 aliphatic rings. The average molecular weight is 517 g/mol. The Labute approximate surface area is 211 Å². The van der Waals surface area contributed by atoms with Gasteiger partial charge in [-0.2, -0.15) is 4.31 Å². The number of nitrogens with one attached hydrogen (secondary N) is 1.